The Balaban J connectivity index is 1.34. The molecule has 5 heteroatoms. The molecule has 248 valence electrons. The van der Waals surface area contributed by atoms with Gasteiger partial charge in [-0.05, 0) is 83.8 Å². The maximum atomic E-state index is 7.38. The predicted octanol–water partition coefficient (Wildman–Crippen LogP) is 13.6. The molecule has 0 unspecified atom stereocenters. The zero-order valence-corrected chi connectivity index (χ0v) is 31.8. The molecule has 2 aromatic heterocycles. The van der Waals surface area contributed by atoms with E-state index in [9.17, 15) is 0 Å². The summed E-state index contributed by atoms with van der Waals surface area (Å²) in [5, 5.41) is 4.81. The van der Waals surface area contributed by atoms with Gasteiger partial charge in [-0.1, -0.05) is 125 Å². The molecule has 0 saturated heterocycles. The fraction of sp³-hybridized carbons (Fsp3) is 0.0870. The van der Waals surface area contributed by atoms with E-state index in [0.717, 1.165) is 59.3 Å². The number of rotatable bonds is 4. The highest BCUT2D eigenvalue weighted by Crippen LogP contribution is 2.47. The Labute approximate surface area is 314 Å². The summed E-state index contributed by atoms with van der Waals surface area (Å²) < 4.78 is 6.73. The molecular formula is C46H35Br2N3. The zero-order valence-electron chi connectivity index (χ0n) is 28.6. The van der Waals surface area contributed by atoms with Crippen molar-refractivity contribution in [2.45, 2.75) is 26.2 Å². The number of para-hydroxylation sites is 4. The van der Waals surface area contributed by atoms with Crippen LogP contribution in [-0.4, -0.2) is 9.13 Å². The van der Waals surface area contributed by atoms with Gasteiger partial charge in [0.25, 0.3) is 0 Å². The lowest BCUT2D eigenvalue weighted by molar-refractivity contribution is 0.591. The van der Waals surface area contributed by atoms with Gasteiger partial charge in [-0.2, -0.15) is 0 Å². The van der Waals surface area contributed by atoms with Gasteiger partial charge < -0.3 is 14.9 Å². The van der Waals surface area contributed by atoms with E-state index in [4.69, 9.17) is 5.73 Å². The number of nitrogen functional groups attached to an aromatic ring is 1. The lowest BCUT2D eigenvalue weighted by Gasteiger charge is -2.24. The molecular weight excluding hydrogens is 754 g/mol. The van der Waals surface area contributed by atoms with Crippen molar-refractivity contribution in [2.24, 2.45) is 0 Å². The van der Waals surface area contributed by atoms with Crippen molar-refractivity contribution in [2.75, 3.05) is 5.73 Å². The Hall–Kier alpha value is -5.10. The number of benzene rings is 7. The van der Waals surface area contributed by atoms with Crippen LogP contribution in [0.5, 0.6) is 0 Å². The third-order valence-electron chi connectivity index (χ3n) is 10.2. The monoisotopic (exact) mass is 787 g/mol. The van der Waals surface area contributed by atoms with Crippen LogP contribution in [0, 0.1) is 0 Å². The number of halogens is 2. The summed E-state index contributed by atoms with van der Waals surface area (Å²) >= 11 is 8.04. The van der Waals surface area contributed by atoms with Crippen LogP contribution in [0.15, 0.2) is 155 Å². The normalized spacial score (nSPS) is 12.1. The largest absolute Gasteiger partial charge is 0.398 e. The molecule has 0 aliphatic rings. The Morgan fingerprint density at radius 2 is 0.824 bits per heavy atom. The topological polar surface area (TPSA) is 35.9 Å². The number of hydrogen-bond donors (Lipinski definition) is 1. The first kappa shape index (κ1) is 31.9. The van der Waals surface area contributed by atoms with E-state index < -0.39 is 0 Å². The summed E-state index contributed by atoms with van der Waals surface area (Å²) in [6.45, 7) is 6.80. The second kappa shape index (κ2) is 12.0. The molecule has 7 aromatic carbocycles. The highest BCUT2D eigenvalue weighted by Gasteiger charge is 2.24. The molecule has 0 aliphatic carbocycles. The summed E-state index contributed by atoms with van der Waals surface area (Å²) in [4.78, 5) is 0. The van der Waals surface area contributed by atoms with Gasteiger partial charge in [-0.3, -0.25) is 0 Å². The quantitative estimate of drug-likeness (QED) is 0.177. The van der Waals surface area contributed by atoms with E-state index in [1.165, 1.54) is 38.1 Å². The predicted molar refractivity (Wildman–Crippen MR) is 225 cm³/mol. The molecule has 0 fully saturated rings. The van der Waals surface area contributed by atoms with Gasteiger partial charge in [0.15, 0.2) is 0 Å². The fourth-order valence-corrected chi connectivity index (χ4v) is 8.75. The van der Waals surface area contributed by atoms with E-state index in [-0.39, 0.29) is 5.41 Å². The van der Waals surface area contributed by atoms with Gasteiger partial charge in [0.05, 0.1) is 22.1 Å². The van der Waals surface area contributed by atoms with E-state index in [1.807, 2.05) is 0 Å². The Kier molecular flexibility index (Phi) is 7.50. The van der Waals surface area contributed by atoms with Crippen molar-refractivity contribution in [3.63, 3.8) is 0 Å². The average Bonchev–Trinajstić information content (AvgIpc) is 3.63. The number of anilines is 1. The molecule has 2 heterocycles. The third kappa shape index (κ3) is 5.13. The van der Waals surface area contributed by atoms with Crippen molar-refractivity contribution >= 4 is 81.2 Å². The first-order chi connectivity index (χ1) is 24.7. The van der Waals surface area contributed by atoms with Crippen LogP contribution in [0.25, 0.3) is 77.2 Å². The molecule has 0 radical (unpaired) electrons. The first-order valence-electron chi connectivity index (χ1n) is 17.2. The van der Waals surface area contributed by atoms with Crippen LogP contribution in [-0.2, 0) is 5.41 Å². The molecule has 2 N–H and O–H groups in total. The highest BCUT2D eigenvalue weighted by molar-refractivity contribution is 9.11. The minimum absolute atomic E-state index is 0.123. The molecule has 0 spiro atoms. The van der Waals surface area contributed by atoms with Crippen molar-refractivity contribution in [1.29, 1.82) is 0 Å². The lowest BCUT2D eigenvalue weighted by Crippen LogP contribution is -2.12. The van der Waals surface area contributed by atoms with E-state index in [1.54, 1.807) is 0 Å². The Morgan fingerprint density at radius 3 is 1.24 bits per heavy atom. The summed E-state index contributed by atoms with van der Waals surface area (Å²) in [7, 11) is 0. The van der Waals surface area contributed by atoms with Crippen LogP contribution in [0.4, 0.5) is 5.69 Å². The maximum Gasteiger partial charge on any atom is 0.0548 e. The van der Waals surface area contributed by atoms with Crippen molar-refractivity contribution in [3.8, 4) is 33.6 Å². The van der Waals surface area contributed by atoms with Crippen LogP contribution in [0.3, 0.4) is 0 Å². The molecule has 9 rings (SSSR count). The van der Waals surface area contributed by atoms with Gasteiger partial charge in [-0.15, -0.1) is 0 Å². The van der Waals surface area contributed by atoms with Gasteiger partial charge in [-0.25, -0.2) is 0 Å². The van der Waals surface area contributed by atoms with E-state index >= 15 is 0 Å². The summed E-state index contributed by atoms with van der Waals surface area (Å²) in [5.41, 5.74) is 20.2. The lowest BCUT2D eigenvalue weighted by atomic mass is 9.82. The molecule has 0 amide bonds. The minimum atomic E-state index is -0.123. The number of fused-ring (bicyclic) bond motifs is 6. The standard InChI is InChI=1S/C46H35Br2N3/c1-46(2,3)28-22-37(33-26-43-35(24-39(33)47)31-18-10-12-20-41(31)50(43)29-14-6-4-7-15-29)45(49)38(23-28)34-27-44-36(25-40(34)48)32-19-11-13-21-42(32)51(44)30-16-8-5-9-17-30/h4-27H,49H2,1-3H3. The number of aromatic nitrogens is 2. The summed E-state index contributed by atoms with van der Waals surface area (Å²) in [6.07, 6.45) is 0. The molecule has 9 aromatic rings. The van der Waals surface area contributed by atoms with Crippen molar-refractivity contribution in [3.05, 3.63) is 160 Å². The second-order valence-electron chi connectivity index (χ2n) is 14.3. The molecule has 0 aliphatic heterocycles. The Morgan fingerprint density at radius 1 is 0.431 bits per heavy atom. The van der Waals surface area contributed by atoms with Crippen LogP contribution < -0.4 is 5.73 Å². The summed E-state index contributed by atoms with van der Waals surface area (Å²) in [6, 6.07) is 52.1. The summed E-state index contributed by atoms with van der Waals surface area (Å²) in [5.74, 6) is 0. The third-order valence-corrected chi connectivity index (χ3v) is 11.5. The molecule has 3 nitrogen and oxygen atoms in total. The molecule has 51 heavy (non-hydrogen) atoms. The highest BCUT2D eigenvalue weighted by atomic mass is 79.9. The Bertz CT molecular complexity index is 2620. The SMILES string of the molecule is CC(C)(C)c1cc(-c2cc3c(cc2Br)c2ccccc2n3-c2ccccc2)c(N)c(-c2cc3c(cc2Br)c2ccccc2n3-c2ccccc2)c1. The van der Waals surface area contributed by atoms with E-state index in [2.05, 4.69) is 207 Å². The maximum absolute atomic E-state index is 7.38. The van der Waals surface area contributed by atoms with Gasteiger partial charge in [0.2, 0.25) is 0 Å². The minimum Gasteiger partial charge on any atom is -0.398 e. The van der Waals surface area contributed by atoms with Crippen LogP contribution >= 0.6 is 31.9 Å². The van der Waals surface area contributed by atoms with Crippen molar-refractivity contribution < 1.29 is 0 Å². The molecule has 0 bridgehead atoms. The van der Waals surface area contributed by atoms with Crippen LogP contribution in [0.2, 0.25) is 0 Å². The molecule has 0 atom stereocenters. The fourth-order valence-electron chi connectivity index (χ4n) is 7.63. The smallest absolute Gasteiger partial charge is 0.0548 e. The van der Waals surface area contributed by atoms with Crippen molar-refractivity contribution in [1.82, 2.24) is 9.13 Å². The van der Waals surface area contributed by atoms with Gasteiger partial charge in [0.1, 0.15) is 0 Å². The van der Waals surface area contributed by atoms with Gasteiger partial charge >= 0.3 is 0 Å². The van der Waals surface area contributed by atoms with Gasteiger partial charge in [0, 0.05) is 69.8 Å². The van der Waals surface area contributed by atoms with E-state index in [0.29, 0.717) is 0 Å². The average molecular weight is 790 g/mol. The number of nitrogens with zero attached hydrogens (tertiary/aromatic N) is 2. The molecule has 0 saturated carbocycles. The number of nitrogens with two attached hydrogens (primary N) is 1. The second-order valence-corrected chi connectivity index (χ2v) is 16.0. The number of hydrogen-bond acceptors (Lipinski definition) is 1. The van der Waals surface area contributed by atoms with Crippen LogP contribution in [0.1, 0.15) is 26.3 Å². The first-order valence-corrected chi connectivity index (χ1v) is 18.8. The zero-order chi connectivity index (χ0) is 35.0.